The van der Waals surface area contributed by atoms with Crippen molar-refractivity contribution in [1.82, 2.24) is 0 Å². The zero-order valence-electron chi connectivity index (χ0n) is 60.6. The monoisotopic (exact) mass is 1380 g/mol. The second kappa shape index (κ2) is 67.7. The van der Waals surface area contributed by atoms with E-state index in [1.165, 1.54) is 161 Å². The summed E-state index contributed by atoms with van der Waals surface area (Å²) in [5, 5.41) is 10.6. The molecule has 3 N–H and O–H groups in total. The van der Waals surface area contributed by atoms with Crippen molar-refractivity contribution < 1.29 is 80.2 Å². The fourth-order valence-corrected chi connectivity index (χ4v) is 12.6. The molecule has 19 heteroatoms. The molecule has 0 aliphatic rings. The quantitative estimate of drug-likeness (QED) is 0.0169. The first kappa shape index (κ1) is 91.5. The van der Waals surface area contributed by atoms with E-state index in [2.05, 4.69) is 58.9 Å². The number of aliphatic hydroxyl groups excluding tert-OH is 1. The Morgan fingerprint density at radius 1 is 0.330 bits per heavy atom. The number of phosphoric ester groups is 2. The van der Waals surface area contributed by atoms with E-state index in [-0.39, 0.29) is 25.7 Å². The summed E-state index contributed by atoms with van der Waals surface area (Å²) in [6.45, 7) is 7.20. The molecule has 554 valence electrons. The van der Waals surface area contributed by atoms with E-state index < -0.39 is 97.5 Å². The number of hydrogen-bond acceptors (Lipinski definition) is 15. The summed E-state index contributed by atoms with van der Waals surface area (Å²) in [6, 6.07) is 0. The van der Waals surface area contributed by atoms with Crippen molar-refractivity contribution in [3.05, 3.63) is 24.3 Å². The molecule has 0 aromatic heterocycles. The summed E-state index contributed by atoms with van der Waals surface area (Å²) >= 11 is 0. The second-order valence-corrected chi connectivity index (χ2v) is 29.7. The second-order valence-electron chi connectivity index (χ2n) is 26.8. The molecule has 0 amide bonds. The minimum absolute atomic E-state index is 0.101. The van der Waals surface area contributed by atoms with E-state index in [1.807, 2.05) is 0 Å². The maximum atomic E-state index is 13.1. The smallest absolute Gasteiger partial charge is 0.462 e. The van der Waals surface area contributed by atoms with Gasteiger partial charge in [0.05, 0.1) is 26.4 Å². The minimum Gasteiger partial charge on any atom is -0.462 e. The van der Waals surface area contributed by atoms with Gasteiger partial charge in [-0.2, -0.15) is 0 Å². The molecule has 0 fully saturated rings. The molecule has 0 radical (unpaired) electrons. The number of esters is 4. The van der Waals surface area contributed by atoms with Gasteiger partial charge >= 0.3 is 39.5 Å². The Morgan fingerprint density at radius 2 is 0.574 bits per heavy atom. The molecule has 0 aliphatic heterocycles. The zero-order valence-corrected chi connectivity index (χ0v) is 62.4. The third kappa shape index (κ3) is 68.1. The molecule has 17 nitrogen and oxygen atoms in total. The zero-order chi connectivity index (χ0) is 69.1. The number of phosphoric acid groups is 2. The summed E-state index contributed by atoms with van der Waals surface area (Å²) in [7, 11) is -9.91. The van der Waals surface area contributed by atoms with Crippen molar-refractivity contribution in [3.63, 3.8) is 0 Å². The molecule has 0 heterocycles. The van der Waals surface area contributed by atoms with Crippen molar-refractivity contribution in [3.8, 4) is 0 Å². The molecular weight excluding hydrogens is 1230 g/mol. The van der Waals surface area contributed by atoms with Gasteiger partial charge in [0.15, 0.2) is 12.2 Å². The number of hydrogen-bond donors (Lipinski definition) is 3. The van der Waals surface area contributed by atoms with Gasteiger partial charge in [0.25, 0.3) is 0 Å². The third-order valence-electron chi connectivity index (χ3n) is 16.9. The van der Waals surface area contributed by atoms with Crippen LogP contribution >= 0.6 is 15.6 Å². The van der Waals surface area contributed by atoms with Crippen LogP contribution in [0.4, 0.5) is 0 Å². The number of aliphatic hydroxyl groups is 1. The Hall–Kier alpha value is -2.46. The van der Waals surface area contributed by atoms with E-state index in [1.54, 1.807) is 0 Å². The van der Waals surface area contributed by atoms with E-state index >= 15 is 0 Å². The molecule has 0 saturated carbocycles. The van der Waals surface area contributed by atoms with E-state index in [9.17, 15) is 43.2 Å². The van der Waals surface area contributed by atoms with Crippen molar-refractivity contribution in [1.29, 1.82) is 0 Å². The molecule has 0 aromatic rings. The highest BCUT2D eigenvalue weighted by Gasteiger charge is 2.30. The van der Waals surface area contributed by atoms with Crippen LogP contribution in [0.5, 0.6) is 0 Å². The first-order valence-corrected chi connectivity index (χ1v) is 41.4. The maximum absolute atomic E-state index is 13.1. The Morgan fingerprint density at radius 3 is 0.872 bits per heavy atom. The lowest BCUT2D eigenvalue weighted by Gasteiger charge is -2.21. The Labute approximate surface area is 573 Å². The first-order valence-electron chi connectivity index (χ1n) is 38.5. The molecule has 0 spiro atoms. The molecule has 0 saturated heterocycles. The van der Waals surface area contributed by atoms with Gasteiger partial charge in [-0.3, -0.25) is 37.3 Å². The Bertz CT molecular complexity index is 1900. The predicted octanol–water partition coefficient (Wildman–Crippen LogP) is 21.6. The average molecular weight is 1380 g/mol. The molecule has 5 atom stereocenters. The summed E-state index contributed by atoms with van der Waals surface area (Å²) in [5.74, 6) is -1.36. The summed E-state index contributed by atoms with van der Waals surface area (Å²) in [4.78, 5) is 72.6. The normalized spacial score (nSPS) is 14.1. The molecule has 2 unspecified atom stereocenters. The lowest BCUT2D eigenvalue weighted by molar-refractivity contribution is -0.161. The van der Waals surface area contributed by atoms with Crippen molar-refractivity contribution >= 4 is 39.5 Å². The Balaban J connectivity index is 5.23. The van der Waals surface area contributed by atoms with E-state index in [4.69, 9.17) is 37.0 Å². The van der Waals surface area contributed by atoms with Gasteiger partial charge in [0.2, 0.25) is 0 Å². The van der Waals surface area contributed by atoms with Crippen LogP contribution in [0.3, 0.4) is 0 Å². The van der Waals surface area contributed by atoms with Crippen LogP contribution in [0.25, 0.3) is 0 Å². The average Bonchev–Trinajstić information content (AvgIpc) is 2.09. The molecule has 0 aliphatic carbocycles. The van der Waals surface area contributed by atoms with Crippen LogP contribution < -0.4 is 0 Å². The van der Waals surface area contributed by atoms with Gasteiger partial charge < -0.3 is 33.8 Å². The third-order valence-corrected chi connectivity index (χ3v) is 18.8. The van der Waals surface area contributed by atoms with Gasteiger partial charge in [-0.1, -0.05) is 316 Å². The molecule has 0 aromatic carbocycles. The van der Waals surface area contributed by atoms with Crippen molar-refractivity contribution in [2.45, 2.75) is 387 Å². The summed E-state index contributed by atoms with van der Waals surface area (Å²) in [6.07, 6.45) is 59.1. The van der Waals surface area contributed by atoms with Gasteiger partial charge in [0.1, 0.15) is 19.3 Å². The maximum Gasteiger partial charge on any atom is 0.472 e. The van der Waals surface area contributed by atoms with Crippen LogP contribution in [-0.4, -0.2) is 96.7 Å². The standard InChI is InChI=1S/C75H142O17P2/c1-6-9-12-15-18-20-22-24-26-31-35-39-44-49-54-59-73(78)86-65-71(92-75(80)61-56-51-46-41-37-33-29-28-30-34-38-43-47-52-57-68(4)5)67-90-94(83,84)88-63-69(76)62-87-93(81,82)89-66-70(64-85-72(77)58-53-48-42-17-14-11-8-3)91-74(79)60-55-50-45-40-36-32-27-25-23-21-19-16-13-10-7-2/h20,22,24,26,68-71,76H,6-19,21,23,25,27-67H2,1-5H3,(H,81,82)(H,83,84)/b22-20-,26-24-/t69-,70+,71+/m0/s1. The minimum atomic E-state index is -4.96. The highest BCUT2D eigenvalue weighted by molar-refractivity contribution is 7.47. The van der Waals surface area contributed by atoms with Gasteiger partial charge in [0, 0.05) is 25.7 Å². The van der Waals surface area contributed by atoms with E-state index in [0.29, 0.717) is 25.7 Å². The predicted molar refractivity (Wildman–Crippen MR) is 381 cm³/mol. The highest BCUT2D eigenvalue weighted by atomic mass is 31.2. The largest absolute Gasteiger partial charge is 0.472 e. The molecule has 0 bridgehead atoms. The van der Waals surface area contributed by atoms with Crippen LogP contribution in [0, 0.1) is 5.92 Å². The van der Waals surface area contributed by atoms with Gasteiger partial charge in [-0.05, 0) is 57.3 Å². The van der Waals surface area contributed by atoms with Crippen molar-refractivity contribution in [2.75, 3.05) is 39.6 Å². The molecular formula is C75H142O17P2. The van der Waals surface area contributed by atoms with Crippen molar-refractivity contribution in [2.24, 2.45) is 5.92 Å². The topological polar surface area (TPSA) is 237 Å². The number of carbonyl (C=O) groups excluding carboxylic acids is 4. The lowest BCUT2D eigenvalue weighted by atomic mass is 10.0. The van der Waals surface area contributed by atoms with Crippen LogP contribution in [-0.2, 0) is 65.4 Å². The molecule has 0 rings (SSSR count). The van der Waals surface area contributed by atoms with Crippen LogP contribution in [0.1, 0.15) is 369 Å². The summed E-state index contributed by atoms with van der Waals surface area (Å²) in [5.41, 5.74) is 0. The lowest BCUT2D eigenvalue weighted by Crippen LogP contribution is -2.30. The van der Waals surface area contributed by atoms with Gasteiger partial charge in [-0.15, -0.1) is 0 Å². The Kier molecular flexibility index (Phi) is 65.9. The highest BCUT2D eigenvalue weighted by Crippen LogP contribution is 2.45. The number of unbranched alkanes of at least 4 members (excludes halogenated alkanes) is 42. The number of rotatable bonds is 73. The molecule has 94 heavy (non-hydrogen) atoms. The number of carbonyl (C=O) groups is 4. The van der Waals surface area contributed by atoms with Crippen LogP contribution in [0.15, 0.2) is 24.3 Å². The first-order chi connectivity index (χ1) is 45.5. The SMILES string of the molecule is CCCCCC/C=C\C=C/CCCCCCCC(=O)OC[C@H](COP(=O)(O)OC[C@@H](O)COP(=O)(O)OC[C@@H](COC(=O)CCCCCCCCC)OC(=O)CCCCCCCCCCCCCCCCC)OC(=O)CCCCCCCCCCCCCCCCC(C)C. The fraction of sp³-hybridized carbons (Fsp3) is 0.893. The summed E-state index contributed by atoms with van der Waals surface area (Å²) < 4.78 is 68.3. The van der Waals surface area contributed by atoms with Crippen LogP contribution in [0.2, 0.25) is 0 Å². The number of ether oxygens (including phenoxy) is 4. The fourth-order valence-electron chi connectivity index (χ4n) is 11.0. The number of allylic oxidation sites excluding steroid dienone is 4. The van der Waals surface area contributed by atoms with E-state index in [0.717, 1.165) is 128 Å². The van der Waals surface area contributed by atoms with Gasteiger partial charge in [-0.25, -0.2) is 9.13 Å².